The average Bonchev–Trinajstić information content (AvgIpc) is 3.24. The number of aromatic nitrogens is 1. The molecule has 2 aromatic heterocycles. The molecule has 0 N–H and O–H groups in total. The molecule has 1 aliphatic heterocycles. The highest BCUT2D eigenvalue weighted by molar-refractivity contribution is 6.65. The van der Waals surface area contributed by atoms with E-state index < -0.39 is 18.3 Å². The van der Waals surface area contributed by atoms with E-state index in [9.17, 15) is 0 Å². The van der Waals surface area contributed by atoms with E-state index in [0.29, 0.717) is 5.71 Å². The van der Waals surface area contributed by atoms with Gasteiger partial charge < -0.3 is 13.7 Å². The topological polar surface area (TPSA) is 44.5 Å². The second kappa shape index (κ2) is 7.93. The maximum atomic E-state index is 6.42. The van der Waals surface area contributed by atoms with Gasteiger partial charge in [-0.05, 0) is 73.9 Å². The predicted octanol–water partition coefficient (Wildman–Crippen LogP) is 7.54. The third-order valence-electron chi connectivity index (χ3n) is 7.86. The van der Waals surface area contributed by atoms with Crippen molar-refractivity contribution in [3.63, 3.8) is 0 Å². The molecule has 1 aliphatic rings. The summed E-state index contributed by atoms with van der Waals surface area (Å²) in [5.74, 6) is 0. The molecule has 0 aliphatic carbocycles. The van der Waals surface area contributed by atoms with Crippen molar-refractivity contribution in [2.24, 2.45) is 0 Å². The summed E-state index contributed by atoms with van der Waals surface area (Å²) in [6.07, 6.45) is 0. The molecule has 0 spiro atoms. The summed E-state index contributed by atoms with van der Waals surface area (Å²) in [7, 11) is -0.489. The van der Waals surface area contributed by atoms with Crippen molar-refractivity contribution >= 4 is 34.7 Å². The highest BCUT2D eigenvalue weighted by Crippen LogP contribution is 2.38. The molecule has 0 bridgehead atoms. The summed E-state index contributed by atoms with van der Waals surface area (Å²) in [6.45, 7) is 21.8. The van der Waals surface area contributed by atoms with E-state index in [2.05, 4.69) is 106 Å². The Balaban J connectivity index is 1.64. The number of fused-ring (bicyclic) bond motifs is 3. The minimum absolute atomic E-state index is 0.0389. The molecule has 5 heteroatoms. The molecule has 0 saturated carbocycles. The Labute approximate surface area is 215 Å². The molecule has 0 atom stereocenters. The van der Waals surface area contributed by atoms with Gasteiger partial charge >= 0.3 is 7.12 Å². The number of rotatable bonds is 2. The molecule has 4 aromatic rings. The summed E-state index contributed by atoms with van der Waals surface area (Å²) in [4.78, 5) is 5.01. The number of para-hydroxylation sites is 1. The first kappa shape index (κ1) is 25.0. The molecule has 2 aromatic carbocycles. The van der Waals surface area contributed by atoms with E-state index in [0.717, 1.165) is 33.1 Å². The Morgan fingerprint density at radius 2 is 1.31 bits per heavy atom. The second-order valence-corrected chi connectivity index (χ2v) is 13.3. The first-order valence-electron chi connectivity index (χ1n) is 12.9. The van der Waals surface area contributed by atoms with Crippen molar-refractivity contribution < 1.29 is 13.7 Å². The highest BCUT2D eigenvalue weighted by atomic mass is 16.7. The van der Waals surface area contributed by atoms with Crippen molar-refractivity contribution in [1.82, 2.24) is 4.98 Å². The van der Waals surface area contributed by atoms with E-state index in [1.54, 1.807) is 0 Å². The van der Waals surface area contributed by atoms with Crippen LogP contribution < -0.4 is 5.46 Å². The van der Waals surface area contributed by atoms with Crippen LogP contribution in [0.15, 0.2) is 52.9 Å². The molecule has 1 fully saturated rings. The summed E-state index contributed by atoms with van der Waals surface area (Å²) < 4.78 is 19.1. The Bertz CT molecular complexity index is 1420. The number of hydrogen-bond donors (Lipinski definition) is 0. The zero-order valence-electron chi connectivity index (χ0n) is 23.4. The Hall–Kier alpha value is -2.63. The van der Waals surface area contributed by atoms with Crippen LogP contribution in [0.4, 0.5) is 0 Å². The van der Waals surface area contributed by atoms with E-state index >= 15 is 0 Å². The van der Waals surface area contributed by atoms with Crippen LogP contribution in [0.2, 0.25) is 0 Å². The van der Waals surface area contributed by atoms with Crippen molar-refractivity contribution in [2.75, 3.05) is 0 Å². The lowest BCUT2D eigenvalue weighted by Crippen LogP contribution is -2.41. The molecule has 0 radical (unpaired) electrons. The van der Waals surface area contributed by atoms with Crippen molar-refractivity contribution in [3.8, 4) is 11.3 Å². The SMILES string of the molecule is CC(C)(C)c1cc(-c2ccc3c(n2)oc2c(B4OC(C)(C)C(C)(C)O4)cccc23)cc(C(C)(C)C)c1. The summed E-state index contributed by atoms with van der Waals surface area (Å²) >= 11 is 0. The molecule has 188 valence electrons. The molecule has 5 rings (SSSR count). The minimum Gasteiger partial charge on any atom is -0.438 e. The molecule has 36 heavy (non-hydrogen) atoms. The van der Waals surface area contributed by atoms with Gasteiger partial charge in [-0.3, -0.25) is 0 Å². The number of hydrogen-bond acceptors (Lipinski definition) is 4. The highest BCUT2D eigenvalue weighted by Gasteiger charge is 2.52. The summed E-state index contributed by atoms with van der Waals surface area (Å²) in [5.41, 5.74) is 6.18. The lowest BCUT2D eigenvalue weighted by atomic mass is 9.78. The van der Waals surface area contributed by atoms with E-state index in [1.165, 1.54) is 11.1 Å². The molecule has 0 amide bonds. The minimum atomic E-state index is -0.489. The van der Waals surface area contributed by atoms with Gasteiger partial charge in [0.15, 0.2) is 0 Å². The van der Waals surface area contributed by atoms with Crippen molar-refractivity contribution in [3.05, 3.63) is 59.7 Å². The Morgan fingerprint density at radius 1 is 0.722 bits per heavy atom. The van der Waals surface area contributed by atoms with Crippen LogP contribution >= 0.6 is 0 Å². The van der Waals surface area contributed by atoms with Gasteiger partial charge in [-0.15, -0.1) is 0 Å². The Kier molecular flexibility index (Phi) is 5.52. The molecular weight excluding hydrogens is 445 g/mol. The lowest BCUT2D eigenvalue weighted by molar-refractivity contribution is 0.00578. The lowest BCUT2D eigenvalue weighted by Gasteiger charge is -2.32. The van der Waals surface area contributed by atoms with E-state index in [-0.39, 0.29) is 10.8 Å². The fraction of sp³-hybridized carbons (Fsp3) is 0.452. The zero-order valence-corrected chi connectivity index (χ0v) is 23.4. The average molecular weight is 483 g/mol. The second-order valence-electron chi connectivity index (χ2n) is 13.3. The fourth-order valence-corrected chi connectivity index (χ4v) is 4.66. The first-order valence-corrected chi connectivity index (χ1v) is 12.9. The normalized spacial score (nSPS) is 17.9. The van der Waals surface area contributed by atoms with Gasteiger partial charge in [-0.25, -0.2) is 4.98 Å². The van der Waals surface area contributed by atoms with Gasteiger partial charge in [0.25, 0.3) is 0 Å². The van der Waals surface area contributed by atoms with Crippen molar-refractivity contribution in [1.29, 1.82) is 0 Å². The van der Waals surface area contributed by atoms with Gasteiger partial charge in [-0.1, -0.05) is 65.8 Å². The largest absolute Gasteiger partial charge is 0.498 e. The van der Waals surface area contributed by atoms with Crippen LogP contribution in [0.5, 0.6) is 0 Å². The first-order chi connectivity index (χ1) is 16.6. The third kappa shape index (κ3) is 4.16. The summed E-state index contributed by atoms with van der Waals surface area (Å²) in [5, 5.41) is 2.02. The molecule has 1 saturated heterocycles. The predicted molar refractivity (Wildman–Crippen MR) is 150 cm³/mol. The summed E-state index contributed by atoms with van der Waals surface area (Å²) in [6, 6.07) is 17.2. The molecule has 4 nitrogen and oxygen atoms in total. The van der Waals surface area contributed by atoms with Gasteiger partial charge in [0.1, 0.15) is 5.58 Å². The maximum absolute atomic E-state index is 6.42. The van der Waals surface area contributed by atoms with Gasteiger partial charge in [0, 0.05) is 21.8 Å². The number of pyridine rings is 1. The van der Waals surface area contributed by atoms with Gasteiger partial charge in [-0.2, -0.15) is 0 Å². The van der Waals surface area contributed by atoms with Crippen molar-refractivity contribution in [2.45, 2.75) is 91.3 Å². The van der Waals surface area contributed by atoms with E-state index in [4.69, 9.17) is 18.7 Å². The van der Waals surface area contributed by atoms with Crippen LogP contribution in [-0.4, -0.2) is 23.3 Å². The molecule has 0 unspecified atom stereocenters. The fourth-order valence-electron chi connectivity index (χ4n) is 4.66. The van der Waals surface area contributed by atoms with E-state index in [1.807, 2.05) is 12.1 Å². The zero-order chi connectivity index (χ0) is 26.3. The van der Waals surface area contributed by atoms with Crippen LogP contribution in [-0.2, 0) is 20.1 Å². The standard InChI is InChI=1S/C31H38BNO3/c1-28(2,3)20-16-19(17-21(18-20)29(4,5)6)25-15-14-23-22-12-11-13-24(26(22)34-27(23)33-25)32-35-30(7,8)31(9,10)36-32/h11-18H,1-10H3. The van der Waals surface area contributed by atoms with Gasteiger partial charge in [0.2, 0.25) is 5.71 Å². The number of benzene rings is 2. The molecule has 3 heterocycles. The number of nitrogens with zero attached hydrogens (tertiary/aromatic N) is 1. The van der Waals surface area contributed by atoms with Crippen LogP contribution in [0.25, 0.3) is 33.3 Å². The smallest absolute Gasteiger partial charge is 0.438 e. The maximum Gasteiger partial charge on any atom is 0.498 e. The Morgan fingerprint density at radius 3 is 1.86 bits per heavy atom. The number of furan rings is 1. The van der Waals surface area contributed by atoms with Crippen LogP contribution in [0.1, 0.15) is 80.4 Å². The molecular formula is C31H38BNO3. The third-order valence-corrected chi connectivity index (χ3v) is 7.86. The van der Waals surface area contributed by atoms with Crippen LogP contribution in [0.3, 0.4) is 0 Å². The van der Waals surface area contributed by atoms with Gasteiger partial charge in [0.05, 0.1) is 16.9 Å². The quantitative estimate of drug-likeness (QED) is 0.276. The monoisotopic (exact) mass is 483 g/mol. The van der Waals surface area contributed by atoms with Crippen LogP contribution in [0, 0.1) is 0 Å².